The highest BCUT2D eigenvalue weighted by Gasteiger charge is 2.27. The topological polar surface area (TPSA) is 134 Å². The van der Waals surface area contributed by atoms with Gasteiger partial charge < -0.3 is 25.2 Å². The summed E-state index contributed by atoms with van der Waals surface area (Å²) in [5.74, 6) is 0.993. The van der Waals surface area contributed by atoms with Gasteiger partial charge in [0.2, 0.25) is 0 Å². The molecule has 0 saturated heterocycles. The van der Waals surface area contributed by atoms with E-state index in [1.807, 2.05) is 30.0 Å². The molecule has 3 aromatic heterocycles. The first-order chi connectivity index (χ1) is 15.1. The number of hydrogen-bond acceptors (Lipinski definition) is 9. The lowest BCUT2D eigenvalue weighted by Crippen LogP contribution is -2.41. The summed E-state index contributed by atoms with van der Waals surface area (Å²) in [6.07, 6.45) is 4.62. The van der Waals surface area contributed by atoms with E-state index in [0.717, 1.165) is 5.69 Å². The summed E-state index contributed by atoms with van der Waals surface area (Å²) < 4.78 is 5.72. The number of aryl methyl sites for hydroxylation is 1. The van der Waals surface area contributed by atoms with Crippen LogP contribution in [0, 0.1) is 6.92 Å². The van der Waals surface area contributed by atoms with Crippen molar-refractivity contribution in [2.45, 2.75) is 13.0 Å². The first-order valence-corrected chi connectivity index (χ1v) is 9.78. The maximum atomic E-state index is 12.8. The van der Waals surface area contributed by atoms with Crippen LogP contribution in [0.5, 0.6) is 5.75 Å². The maximum absolute atomic E-state index is 12.8. The molecule has 0 radical (unpaired) electrons. The molecule has 4 rings (SSSR count). The lowest BCUT2D eigenvalue weighted by Gasteiger charge is -2.31. The number of aliphatic hydroxyl groups excluding tert-OH is 2. The van der Waals surface area contributed by atoms with Crippen molar-refractivity contribution in [3.05, 3.63) is 54.1 Å². The van der Waals surface area contributed by atoms with Crippen LogP contribution in [0.1, 0.15) is 16.1 Å². The van der Waals surface area contributed by atoms with Gasteiger partial charge in [-0.25, -0.2) is 15.0 Å². The molecule has 160 valence electrons. The number of amides is 1. The molecule has 0 spiro atoms. The fraction of sp³-hybridized carbons (Fsp3) is 0.286. The number of aliphatic hydroxyl groups is 2. The second kappa shape index (κ2) is 9.02. The molecule has 0 bridgehead atoms. The van der Waals surface area contributed by atoms with Gasteiger partial charge in [0.15, 0.2) is 17.4 Å². The predicted octanol–water partition coefficient (Wildman–Crippen LogP) is 0.856. The van der Waals surface area contributed by atoms with E-state index in [9.17, 15) is 15.0 Å². The second-order valence-electron chi connectivity index (χ2n) is 6.97. The largest absolute Gasteiger partial charge is 0.486 e. The highest BCUT2D eigenvalue weighted by atomic mass is 16.5. The van der Waals surface area contributed by atoms with E-state index in [1.54, 1.807) is 18.5 Å². The quantitative estimate of drug-likeness (QED) is 0.529. The molecule has 0 fully saturated rings. The molecule has 1 aliphatic rings. The number of rotatable bonds is 6. The third-order valence-electron chi connectivity index (χ3n) is 4.79. The fourth-order valence-corrected chi connectivity index (χ4v) is 3.24. The van der Waals surface area contributed by atoms with Crippen molar-refractivity contribution in [3.8, 4) is 17.3 Å². The lowest BCUT2D eigenvalue weighted by atomic mass is 10.1. The molecule has 31 heavy (non-hydrogen) atoms. The zero-order chi connectivity index (χ0) is 21.8. The molecule has 3 N–H and O–H groups in total. The summed E-state index contributed by atoms with van der Waals surface area (Å²) in [5.41, 5.74) is 2.35. The number of carbonyl (C=O) groups excluding carboxylic acids is 1. The first kappa shape index (κ1) is 20.6. The molecule has 1 amide bonds. The first-order valence-electron chi connectivity index (χ1n) is 9.78. The smallest absolute Gasteiger partial charge is 0.255 e. The van der Waals surface area contributed by atoms with Gasteiger partial charge in [0.25, 0.3) is 5.91 Å². The predicted molar refractivity (Wildman–Crippen MR) is 112 cm³/mol. The lowest BCUT2D eigenvalue weighted by molar-refractivity contribution is 0.0879. The van der Waals surface area contributed by atoms with Crippen LogP contribution < -0.4 is 15.0 Å². The highest BCUT2D eigenvalue weighted by Crippen LogP contribution is 2.36. The van der Waals surface area contributed by atoms with Gasteiger partial charge in [-0.2, -0.15) is 0 Å². The minimum Gasteiger partial charge on any atom is -0.486 e. The van der Waals surface area contributed by atoms with Gasteiger partial charge >= 0.3 is 0 Å². The molecule has 10 nitrogen and oxygen atoms in total. The SMILES string of the molecule is Cc1cccc(-c2ncc3c(n2)N(c2ccncc2C(=O)NC(CO)CO)CCO3)n1. The van der Waals surface area contributed by atoms with Crippen LogP contribution in [0.4, 0.5) is 11.5 Å². The number of nitrogens with one attached hydrogen (secondary N) is 1. The minimum absolute atomic E-state index is 0.288. The summed E-state index contributed by atoms with van der Waals surface area (Å²) in [6, 6.07) is 6.56. The number of fused-ring (bicyclic) bond motifs is 1. The number of nitrogens with zero attached hydrogens (tertiary/aromatic N) is 5. The average Bonchev–Trinajstić information content (AvgIpc) is 2.81. The van der Waals surface area contributed by atoms with Crippen LogP contribution in [-0.2, 0) is 0 Å². The summed E-state index contributed by atoms with van der Waals surface area (Å²) in [4.78, 5) is 32.3. The van der Waals surface area contributed by atoms with Gasteiger partial charge in [-0.1, -0.05) is 6.07 Å². The van der Waals surface area contributed by atoms with Gasteiger partial charge in [0.05, 0.1) is 43.2 Å². The number of ether oxygens (including phenoxy) is 1. The number of aromatic nitrogens is 4. The van der Waals surface area contributed by atoms with Gasteiger partial charge in [-0.15, -0.1) is 0 Å². The van der Waals surface area contributed by atoms with Crippen molar-refractivity contribution in [2.24, 2.45) is 0 Å². The number of hydrogen-bond donors (Lipinski definition) is 3. The van der Waals surface area contributed by atoms with Crippen molar-refractivity contribution in [1.82, 2.24) is 25.3 Å². The molecule has 10 heteroatoms. The van der Waals surface area contributed by atoms with Crippen LogP contribution in [0.2, 0.25) is 0 Å². The molecule has 3 aromatic rings. The molecular weight excluding hydrogens is 400 g/mol. The van der Waals surface area contributed by atoms with Crippen molar-refractivity contribution >= 4 is 17.4 Å². The van der Waals surface area contributed by atoms with E-state index in [2.05, 4.69) is 25.3 Å². The summed E-state index contributed by atoms with van der Waals surface area (Å²) in [6.45, 7) is 1.98. The third-order valence-corrected chi connectivity index (χ3v) is 4.79. The molecule has 0 aromatic carbocycles. The summed E-state index contributed by atoms with van der Waals surface area (Å²) in [7, 11) is 0. The van der Waals surface area contributed by atoms with Crippen molar-refractivity contribution in [3.63, 3.8) is 0 Å². The van der Waals surface area contributed by atoms with Crippen LogP contribution in [0.3, 0.4) is 0 Å². The number of anilines is 2. The summed E-state index contributed by atoms with van der Waals surface area (Å²) in [5, 5.41) is 21.2. The minimum atomic E-state index is -0.765. The number of carbonyl (C=O) groups is 1. The zero-order valence-electron chi connectivity index (χ0n) is 16.9. The Morgan fingerprint density at radius 3 is 2.84 bits per heavy atom. The van der Waals surface area contributed by atoms with E-state index in [1.165, 1.54) is 6.20 Å². The Hall–Kier alpha value is -3.63. The Morgan fingerprint density at radius 1 is 1.23 bits per heavy atom. The van der Waals surface area contributed by atoms with Crippen molar-refractivity contribution in [2.75, 3.05) is 31.3 Å². The van der Waals surface area contributed by atoms with E-state index in [-0.39, 0.29) is 18.8 Å². The average molecular weight is 422 g/mol. The van der Waals surface area contributed by atoms with E-state index >= 15 is 0 Å². The van der Waals surface area contributed by atoms with Crippen LogP contribution >= 0.6 is 0 Å². The third kappa shape index (κ3) is 4.30. The van der Waals surface area contributed by atoms with Gasteiger partial charge in [0.1, 0.15) is 12.3 Å². The van der Waals surface area contributed by atoms with Crippen LogP contribution in [0.25, 0.3) is 11.5 Å². The fourth-order valence-electron chi connectivity index (χ4n) is 3.24. The standard InChI is InChI=1S/C21H22N6O4/c1-13-3-2-4-16(24-13)19-23-10-18-20(26-19)27(7-8-31-18)17-5-6-22-9-15(17)21(30)25-14(11-28)12-29/h2-6,9-10,14,28-29H,7-8,11-12H2,1H3,(H,25,30). The molecule has 0 saturated carbocycles. The van der Waals surface area contributed by atoms with Gasteiger partial charge in [-0.3, -0.25) is 9.78 Å². The summed E-state index contributed by atoms with van der Waals surface area (Å²) >= 11 is 0. The van der Waals surface area contributed by atoms with Gasteiger partial charge in [-0.05, 0) is 25.1 Å². The van der Waals surface area contributed by atoms with Crippen molar-refractivity contribution < 1.29 is 19.7 Å². The zero-order valence-corrected chi connectivity index (χ0v) is 16.9. The Bertz CT molecular complexity index is 1090. The maximum Gasteiger partial charge on any atom is 0.255 e. The Morgan fingerprint density at radius 2 is 2.06 bits per heavy atom. The Labute approximate surface area is 178 Å². The molecule has 0 atom stereocenters. The van der Waals surface area contributed by atoms with Gasteiger partial charge in [0, 0.05) is 18.1 Å². The van der Waals surface area contributed by atoms with Crippen LogP contribution in [0.15, 0.2) is 42.9 Å². The monoisotopic (exact) mass is 422 g/mol. The molecule has 4 heterocycles. The molecule has 0 unspecified atom stereocenters. The molecule has 1 aliphatic heterocycles. The molecular formula is C21H22N6O4. The second-order valence-corrected chi connectivity index (χ2v) is 6.97. The Balaban J connectivity index is 1.73. The number of pyridine rings is 2. The Kier molecular flexibility index (Phi) is 6.01. The van der Waals surface area contributed by atoms with Crippen molar-refractivity contribution in [1.29, 1.82) is 0 Å². The highest BCUT2D eigenvalue weighted by molar-refractivity contribution is 6.00. The normalized spacial score (nSPS) is 13.0. The van der Waals surface area contributed by atoms with E-state index in [0.29, 0.717) is 41.9 Å². The van der Waals surface area contributed by atoms with Crippen LogP contribution in [-0.4, -0.2) is 68.5 Å². The van der Waals surface area contributed by atoms with E-state index < -0.39 is 11.9 Å². The molecule has 0 aliphatic carbocycles. The van der Waals surface area contributed by atoms with E-state index in [4.69, 9.17) is 4.74 Å².